The van der Waals surface area contributed by atoms with E-state index in [1.54, 1.807) is 49.3 Å². The van der Waals surface area contributed by atoms with Crippen LogP contribution in [0.1, 0.15) is 72.2 Å². The molecule has 2 N–H and O–H groups in total. The summed E-state index contributed by atoms with van der Waals surface area (Å²) < 4.78 is 16.1. The first-order chi connectivity index (χ1) is 21.4. The quantitative estimate of drug-likeness (QED) is 0.177. The summed E-state index contributed by atoms with van der Waals surface area (Å²) in [6.45, 7) is 9.94. The average molecular weight is 654 g/mol. The molecule has 0 aliphatic carbocycles. The van der Waals surface area contributed by atoms with E-state index in [9.17, 15) is 19.2 Å². The lowest BCUT2D eigenvalue weighted by Crippen LogP contribution is -2.39. The molecule has 2 aromatic carbocycles. The molecule has 0 spiro atoms. The van der Waals surface area contributed by atoms with Crippen LogP contribution in [0.15, 0.2) is 53.4 Å². The van der Waals surface area contributed by atoms with E-state index in [0.29, 0.717) is 47.0 Å². The van der Waals surface area contributed by atoms with Gasteiger partial charge in [-0.25, -0.2) is 9.59 Å². The molecular formula is C33H39N3O7S2. The number of carbonyl (C=O) groups excluding carboxylic acids is 4. The van der Waals surface area contributed by atoms with Crippen molar-refractivity contribution in [3.8, 4) is 5.75 Å². The number of amides is 3. The van der Waals surface area contributed by atoms with Crippen LogP contribution in [0.2, 0.25) is 0 Å². The molecule has 3 aromatic rings. The number of rotatable bonds is 10. The standard InChI is InChI=1S/C33H39N3O7S2/c1-7-25(44-23-14-10-12-21(18-23)34-28(37)20-11-9-13-22(17-20)41-6)29(38)35-30-27(31(39)42-8-2)24-15-16-36(19-26(24)45-30)32(40)43-33(3,4)5/h9-14,17-18,25H,7-8,15-16,19H2,1-6H3,(H,34,37)(H,35,38). The van der Waals surface area contributed by atoms with Crippen molar-refractivity contribution in [1.29, 1.82) is 0 Å². The second kappa shape index (κ2) is 14.8. The van der Waals surface area contributed by atoms with Crippen LogP contribution in [0.3, 0.4) is 0 Å². The Labute approximate surface area is 271 Å². The van der Waals surface area contributed by atoms with Crippen LogP contribution in [0, 0.1) is 0 Å². The van der Waals surface area contributed by atoms with Crippen molar-refractivity contribution in [2.75, 3.05) is 30.9 Å². The van der Waals surface area contributed by atoms with Crippen LogP contribution < -0.4 is 15.4 Å². The summed E-state index contributed by atoms with van der Waals surface area (Å²) in [6.07, 6.45) is 0.535. The fourth-order valence-corrected chi connectivity index (χ4v) is 6.95. The summed E-state index contributed by atoms with van der Waals surface area (Å²) in [5.41, 5.74) is 1.55. The monoisotopic (exact) mass is 653 g/mol. The molecule has 1 aliphatic rings. The van der Waals surface area contributed by atoms with Crippen molar-refractivity contribution in [1.82, 2.24) is 4.90 Å². The fraction of sp³-hybridized carbons (Fsp3) is 0.394. The van der Waals surface area contributed by atoms with Gasteiger partial charge in [-0.15, -0.1) is 23.1 Å². The number of nitrogens with zero attached hydrogens (tertiary/aromatic N) is 1. The van der Waals surface area contributed by atoms with E-state index in [0.717, 1.165) is 15.3 Å². The zero-order chi connectivity index (χ0) is 32.7. The number of nitrogens with one attached hydrogen (secondary N) is 2. The Balaban J connectivity index is 1.49. The van der Waals surface area contributed by atoms with E-state index in [1.807, 2.05) is 45.9 Å². The maximum atomic E-state index is 13.6. The predicted molar refractivity (Wildman–Crippen MR) is 177 cm³/mol. The van der Waals surface area contributed by atoms with Crippen LogP contribution in [-0.2, 0) is 27.2 Å². The van der Waals surface area contributed by atoms with Gasteiger partial charge in [0.1, 0.15) is 16.4 Å². The van der Waals surface area contributed by atoms with Crippen molar-refractivity contribution in [2.24, 2.45) is 0 Å². The van der Waals surface area contributed by atoms with E-state index in [-0.39, 0.29) is 25.0 Å². The van der Waals surface area contributed by atoms with Crippen LogP contribution in [0.4, 0.5) is 15.5 Å². The minimum absolute atomic E-state index is 0.193. The maximum Gasteiger partial charge on any atom is 0.410 e. The van der Waals surface area contributed by atoms with Crippen LogP contribution in [0.5, 0.6) is 5.75 Å². The van der Waals surface area contributed by atoms with Crippen LogP contribution >= 0.6 is 23.1 Å². The Morgan fingerprint density at radius 2 is 1.80 bits per heavy atom. The molecule has 0 saturated heterocycles. The average Bonchev–Trinajstić information content (AvgIpc) is 3.36. The highest BCUT2D eigenvalue weighted by atomic mass is 32.2. The highest BCUT2D eigenvalue weighted by molar-refractivity contribution is 8.00. The molecule has 12 heteroatoms. The first-order valence-corrected chi connectivity index (χ1v) is 16.4. The molecule has 2 heterocycles. The lowest BCUT2D eigenvalue weighted by Gasteiger charge is -2.30. The Hall–Kier alpha value is -4.03. The van der Waals surface area contributed by atoms with Gasteiger partial charge in [0.15, 0.2) is 0 Å². The predicted octanol–water partition coefficient (Wildman–Crippen LogP) is 6.99. The lowest BCUT2D eigenvalue weighted by molar-refractivity contribution is -0.115. The molecule has 0 radical (unpaired) electrons. The fourth-order valence-electron chi connectivity index (χ4n) is 4.69. The summed E-state index contributed by atoms with van der Waals surface area (Å²) in [5, 5.41) is 5.81. The molecule has 1 unspecified atom stereocenters. The summed E-state index contributed by atoms with van der Waals surface area (Å²) >= 11 is 2.64. The lowest BCUT2D eigenvalue weighted by atomic mass is 10.0. The molecule has 0 saturated carbocycles. The third kappa shape index (κ3) is 8.79. The van der Waals surface area contributed by atoms with Gasteiger partial charge in [-0.05, 0) is 82.5 Å². The molecule has 1 aliphatic heterocycles. The molecular weight excluding hydrogens is 615 g/mol. The second-order valence-corrected chi connectivity index (χ2v) is 13.7. The Morgan fingerprint density at radius 3 is 2.49 bits per heavy atom. The second-order valence-electron chi connectivity index (χ2n) is 11.3. The largest absolute Gasteiger partial charge is 0.497 e. The number of hydrogen-bond acceptors (Lipinski definition) is 9. The molecule has 240 valence electrons. The molecule has 10 nitrogen and oxygen atoms in total. The van der Waals surface area contributed by atoms with Gasteiger partial charge >= 0.3 is 12.1 Å². The summed E-state index contributed by atoms with van der Waals surface area (Å²) in [5.74, 6) is -0.460. The Kier molecular flexibility index (Phi) is 11.2. The minimum atomic E-state index is -0.629. The number of thiophene rings is 1. The van der Waals surface area contributed by atoms with Crippen molar-refractivity contribution < 1.29 is 33.4 Å². The number of ether oxygens (including phenoxy) is 3. The molecule has 1 atom stereocenters. The number of thioether (sulfide) groups is 1. The van der Waals surface area contributed by atoms with E-state index >= 15 is 0 Å². The summed E-state index contributed by atoms with van der Waals surface area (Å²) in [7, 11) is 1.54. The molecule has 4 rings (SSSR count). The Morgan fingerprint density at radius 1 is 1.04 bits per heavy atom. The van der Waals surface area contributed by atoms with Crippen LogP contribution in [-0.4, -0.2) is 59.9 Å². The zero-order valence-corrected chi connectivity index (χ0v) is 28.0. The summed E-state index contributed by atoms with van der Waals surface area (Å²) in [6, 6.07) is 14.2. The van der Waals surface area contributed by atoms with Gasteiger partial charge < -0.3 is 29.7 Å². The number of benzene rings is 2. The third-order valence-electron chi connectivity index (χ3n) is 6.79. The van der Waals surface area contributed by atoms with E-state index < -0.39 is 22.9 Å². The van der Waals surface area contributed by atoms with Crippen molar-refractivity contribution in [3.63, 3.8) is 0 Å². The number of hydrogen-bond donors (Lipinski definition) is 2. The smallest absolute Gasteiger partial charge is 0.410 e. The highest BCUT2D eigenvalue weighted by Crippen LogP contribution is 2.39. The number of anilines is 2. The zero-order valence-electron chi connectivity index (χ0n) is 26.4. The molecule has 1 aromatic heterocycles. The van der Waals surface area contributed by atoms with Gasteiger partial charge in [-0.3, -0.25) is 9.59 Å². The van der Waals surface area contributed by atoms with Gasteiger partial charge in [0.25, 0.3) is 5.91 Å². The van der Waals surface area contributed by atoms with Gasteiger partial charge in [0, 0.05) is 27.6 Å². The topological polar surface area (TPSA) is 123 Å². The van der Waals surface area contributed by atoms with Gasteiger partial charge in [0.05, 0.1) is 31.1 Å². The van der Waals surface area contributed by atoms with Gasteiger partial charge in [0.2, 0.25) is 5.91 Å². The first kappa shape index (κ1) is 33.9. The molecule has 3 amide bonds. The normalized spacial score (nSPS) is 13.3. The van der Waals surface area contributed by atoms with Crippen molar-refractivity contribution in [2.45, 2.75) is 69.8 Å². The van der Waals surface area contributed by atoms with Gasteiger partial charge in [-0.1, -0.05) is 19.1 Å². The summed E-state index contributed by atoms with van der Waals surface area (Å²) in [4.78, 5) is 55.4. The van der Waals surface area contributed by atoms with Crippen LogP contribution in [0.25, 0.3) is 0 Å². The highest BCUT2D eigenvalue weighted by Gasteiger charge is 2.33. The minimum Gasteiger partial charge on any atom is -0.497 e. The van der Waals surface area contributed by atoms with Crippen molar-refractivity contribution in [3.05, 3.63) is 70.1 Å². The third-order valence-corrected chi connectivity index (χ3v) is 9.28. The van der Waals surface area contributed by atoms with Crippen molar-refractivity contribution >= 4 is 57.7 Å². The SMILES string of the molecule is CCOC(=O)c1c(NC(=O)C(CC)Sc2cccc(NC(=O)c3cccc(OC)c3)c2)sc2c1CCN(C(=O)OC(C)(C)C)C2. The number of carbonyl (C=O) groups is 4. The maximum absolute atomic E-state index is 13.6. The molecule has 45 heavy (non-hydrogen) atoms. The molecule has 0 fully saturated rings. The van der Waals surface area contributed by atoms with E-state index in [2.05, 4.69) is 10.6 Å². The number of methoxy groups -OCH3 is 1. The van der Waals surface area contributed by atoms with Gasteiger partial charge in [-0.2, -0.15) is 0 Å². The first-order valence-electron chi connectivity index (χ1n) is 14.7. The Bertz CT molecular complexity index is 1560. The molecule has 0 bridgehead atoms. The number of esters is 1. The number of fused-ring (bicyclic) bond motifs is 1. The van der Waals surface area contributed by atoms with E-state index in [1.165, 1.54) is 23.1 Å². The van der Waals surface area contributed by atoms with E-state index in [4.69, 9.17) is 14.2 Å².